The maximum atomic E-state index is 8.25. The summed E-state index contributed by atoms with van der Waals surface area (Å²) in [5.41, 5.74) is 4.99. The quantitative estimate of drug-likeness (QED) is 0.414. The first-order valence-electron chi connectivity index (χ1n) is 1.91. The van der Waals surface area contributed by atoms with Crippen LogP contribution in [0.1, 0.15) is 6.42 Å². The van der Waals surface area contributed by atoms with Gasteiger partial charge in [-0.2, -0.15) is 0 Å². The molecule has 34 valence electrons. The number of aliphatic hydroxyl groups excluding tert-OH is 1. The minimum absolute atomic E-state index is 0.456. The van der Waals surface area contributed by atoms with E-state index >= 15 is 0 Å². The SMILES string of the molecule is [B]C(O)CCN. The van der Waals surface area contributed by atoms with Crippen LogP contribution < -0.4 is 5.73 Å². The van der Waals surface area contributed by atoms with E-state index in [2.05, 4.69) is 0 Å². The van der Waals surface area contributed by atoms with Crippen LogP contribution in [0.15, 0.2) is 0 Å². The Bertz CT molecular complexity index is 32.0. The van der Waals surface area contributed by atoms with Crippen molar-refractivity contribution in [2.45, 2.75) is 12.4 Å². The topological polar surface area (TPSA) is 46.2 Å². The van der Waals surface area contributed by atoms with E-state index in [0.29, 0.717) is 13.0 Å². The molecule has 2 radical (unpaired) electrons. The third-order valence-electron chi connectivity index (χ3n) is 0.462. The number of hydrogen-bond donors (Lipinski definition) is 2. The van der Waals surface area contributed by atoms with Gasteiger partial charge in [-0.05, 0) is 13.0 Å². The summed E-state index contributed by atoms with van der Waals surface area (Å²) in [4.78, 5) is 0. The Labute approximate surface area is 38.8 Å². The van der Waals surface area contributed by atoms with Crippen LogP contribution in [0.5, 0.6) is 0 Å². The van der Waals surface area contributed by atoms with Gasteiger partial charge in [0.05, 0.1) is 0 Å². The van der Waals surface area contributed by atoms with Gasteiger partial charge in [-0.15, -0.1) is 0 Å². The van der Waals surface area contributed by atoms with Crippen molar-refractivity contribution in [3.05, 3.63) is 0 Å². The molecule has 3 N–H and O–H groups in total. The van der Waals surface area contributed by atoms with E-state index in [1.807, 2.05) is 0 Å². The average Bonchev–Trinajstić information content (AvgIpc) is 1.35. The number of rotatable bonds is 2. The monoisotopic (exact) mass is 85.1 g/mol. The van der Waals surface area contributed by atoms with Gasteiger partial charge in [-0.25, -0.2) is 0 Å². The lowest BCUT2D eigenvalue weighted by Crippen LogP contribution is -2.12. The normalized spacial score (nSPS) is 14.3. The first kappa shape index (κ1) is 5.98. The Morgan fingerprint density at radius 1 is 1.83 bits per heavy atom. The lowest BCUT2D eigenvalue weighted by atomic mass is 9.98. The fourth-order valence-electron chi connectivity index (χ4n) is 0.171. The molecule has 0 aliphatic carbocycles. The molecular formula is C3H8BNO. The molecule has 2 nitrogen and oxygen atoms in total. The van der Waals surface area contributed by atoms with E-state index in [-0.39, 0.29) is 0 Å². The lowest BCUT2D eigenvalue weighted by Gasteiger charge is -1.96. The van der Waals surface area contributed by atoms with Crippen molar-refractivity contribution in [2.24, 2.45) is 5.73 Å². The Balaban J connectivity index is 2.63. The smallest absolute Gasteiger partial charge is 0.108 e. The highest BCUT2D eigenvalue weighted by Crippen LogP contribution is 1.76. The molecule has 0 spiro atoms. The van der Waals surface area contributed by atoms with Gasteiger partial charge in [0.1, 0.15) is 7.85 Å². The Morgan fingerprint density at radius 3 is 2.33 bits per heavy atom. The highest BCUT2D eigenvalue weighted by molar-refractivity contribution is 6.10. The lowest BCUT2D eigenvalue weighted by molar-refractivity contribution is 0.248. The number of hydrogen-bond acceptors (Lipinski definition) is 2. The molecular weight excluding hydrogens is 76.9 g/mol. The maximum absolute atomic E-state index is 8.25. The van der Waals surface area contributed by atoms with Gasteiger partial charge < -0.3 is 10.8 Å². The van der Waals surface area contributed by atoms with Crippen LogP contribution in [0.4, 0.5) is 0 Å². The molecule has 0 aliphatic rings. The molecule has 0 aliphatic heterocycles. The zero-order chi connectivity index (χ0) is 4.99. The molecule has 0 aromatic carbocycles. The predicted octanol–water partition coefficient (Wildman–Crippen LogP) is -1.18. The number of aliphatic hydroxyl groups is 1. The fourth-order valence-corrected chi connectivity index (χ4v) is 0.171. The van der Waals surface area contributed by atoms with Crippen molar-refractivity contribution in [3.8, 4) is 0 Å². The minimum Gasteiger partial charge on any atom is -0.403 e. The van der Waals surface area contributed by atoms with Gasteiger partial charge >= 0.3 is 0 Å². The van der Waals surface area contributed by atoms with E-state index in [1.165, 1.54) is 0 Å². The summed E-state index contributed by atoms with van der Waals surface area (Å²) in [6.07, 6.45) is 0.486. The third-order valence-corrected chi connectivity index (χ3v) is 0.462. The van der Waals surface area contributed by atoms with Gasteiger partial charge in [0.25, 0.3) is 0 Å². The highest BCUT2D eigenvalue weighted by atomic mass is 16.3. The zero-order valence-corrected chi connectivity index (χ0v) is 3.59. The summed E-state index contributed by atoms with van der Waals surface area (Å²) in [5.74, 6) is 0. The van der Waals surface area contributed by atoms with Crippen molar-refractivity contribution in [1.29, 1.82) is 0 Å². The zero-order valence-electron chi connectivity index (χ0n) is 3.59. The van der Waals surface area contributed by atoms with Crippen LogP contribution in [-0.4, -0.2) is 25.5 Å². The highest BCUT2D eigenvalue weighted by Gasteiger charge is 1.87. The van der Waals surface area contributed by atoms with E-state index in [4.69, 9.17) is 18.7 Å². The summed E-state index contributed by atoms with van der Waals surface area (Å²) in [5, 5.41) is 8.25. The molecule has 0 aromatic rings. The maximum Gasteiger partial charge on any atom is 0.108 e. The average molecular weight is 84.9 g/mol. The summed E-state index contributed by atoms with van der Waals surface area (Å²) in [6.45, 7) is 0.456. The molecule has 6 heavy (non-hydrogen) atoms. The van der Waals surface area contributed by atoms with Gasteiger partial charge in [0, 0.05) is 6.00 Å². The van der Waals surface area contributed by atoms with Crippen LogP contribution in [-0.2, 0) is 0 Å². The minimum atomic E-state index is -0.727. The van der Waals surface area contributed by atoms with Gasteiger partial charge in [0.15, 0.2) is 0 Å². The first-order valence-corrected chi connectivity index (χ1v) is 1.91. The fraction of sp³-hybridized carbons (Fsp3) is 1.00. The van der Waals surface area contributed by atoms with Gasteiger partial charge in [-0.1, -0.05) is 0 Å². The van der Waals surface area contributed by atoms with Crippen molar-refractivity contribution < 1.29 is 5.11 Å². The van der Waals surface area contributed by atoms with Crippen molar-refractivity contribution >= 4 is 7.85 Å². The van der Waals surface area contributed by atoms with Crippen molar-refractivity contribution in [1.82, 2.24) is 0 Å². The van der Waals surface area contributed by atoms with E-state index in [0.717, 1.165) is 0 Å². The van der Waals surface area contributed by atoms with Crippen molar-refractivity contribution in [2.75, 3.05) is 6.54 Å². The molecule has 0 saturated heterocycles. The number of nitrogens with two attached hydrogens (primary N) is 1. The second-order valence-corrected chi connectivity index (χ2v) is 1.14. The Kier molecular flexibility index (Phi) is 3.18. The first-order chi connectivity index (χ1) is 2.77. The molecule has 0 amide bonds. The standard InChI is InChI=1S/C3H8BNO/c4-3(6)1-2-5/h3,6H,1-2,5H2. The van der Waals surface area contributed by atoms with Gasteiger partial charge in [0.2, 0.25) is 0 Å². The van der Waals surface area contributed by atoms with Crippen LogP contribution in [0, 0.1) is 0 Å². The van der Waals surface area contributed by atoms with Crippen LogP contribution in [0.25, 0.3) is 0 Å². The van der Waals surface area contributed by atoms with E-state index < -0.39 is 6.00 Å². The van der Waals surface area contributed by atoms with Crippen molar-refractivity contribution in [3.63, 3.8) is 0 Å². The summed E-state index contributed by atoms with van der Waals surface area (Å²) < 4.78 is 0. The predicted molar refractivity (Wildman–Crippen MR) is 25.4 cm³/mol. The molecule has 0 aromatic heterocycles. The summed E-state index contributed by atoms with van der Waals surface area (Å²) in [7, 11) is 4.88. The molecule has 0 heterocycles. The van der Waals surface area contributed by atoms with Gasteiger partial charge in [-0.3, -0.25) is 0 Å². The summed E-state index contributed by atoms with van der Waals surface area (Å²) in [6, 6.07) is -0.727. The van der Waals surface area contributed by atoms with E-state index in [9.17, 15) is 0 Å². The molecule has 3 heteroatoms. The summed E-state index contributed by atoms with van der Waals surface area (Å²) >= 11 is 0. The van der Waals surface area contributed by atoms with Crippen LogP contribution in [0.3, 0.4) is 0 Å². The second-order valence-electron chi connectivity index (χ2n) is 1.14. The molecule has 0 saturated carbocycles. The van der Waals surface area contributed by atoms with Crippen LogP contribution in [0.2, 0.25) is 0 Å². The molecule has 0 fully saturated rings. The third kappa shape index (κ3) is 3.98. The molecule has 1 atom stereocenters. The van der Waals surface area contributed by atoms with Crippen LogP contribution >= 0.6 is 0 Å². The van der Waals surface area contributed by atoms with E-state index in [1.54, 1.807) is 0 Å². The molecule has 0 bridgehead atoms. The molecule has 1 unspecified atom stereocenters. The Hall–Kier alpha value is -0.0151. The second kappa shape index (κ2) is 3.19. The molecule has 0 rings (SSSR count). The Morgan fingerprint density at radius 2 is 2.33 bits per heavy atom. The largest absolute Gasteiger partial charge is 0.403 e.